The van der Waals surface area contributed by atoms with Gasteiger partial charge in [0.1, 0.15) is 0 Å². The van der Waals surface area contributed by atoms with Gasteiger partial charge < -0.3 is 5.32 Å². The first-order valence-corrected chi connectivity index (χ1v) is 3.30. The first kappa shape index (κ1) is 6.77. The second kappa shape index (κ2) is 2.29. The van der Waals surface area contributed by atoms with E-state index in [1.165, 1.54) is 0 Å². The molecular weight excluding hydrogens is 160 g/mol. The highest BCUT2D eigenvalue weighted by Gasteiger charge is 2.04. The van der Waals surface area contributed by atoms with E-state index in [2.05, 4.69) is 30.7 Å². The molecule has 0 aliphatic carbocycles. The lowest BCUT2D eigenvalue weighted by Gasteiger charge is -1.94. The molecule has 0 unspecified atom stereocenters. The van der Waals surface area contributed by atoms with Crippen LogP contribution in [0.3, 0.4) is 0 Å². The molecule has 62 valence electrons. The van der Waals surface area contributed by atoms with E-state index in [9.17, 15) is 4.79 Å². The minimum atomic E-state index is -0.307. The Morgan fingerprint density at radius 2 is 2.25 bits per heavy atom. The second-order valence-corrected chi connectivity index (χ2v) is 2.16. The molecule has 0 amide bonds. The zero-order valence-corrected chi connectivity index (χ0v) is 6.25. The summed E-state index contributed by atoms with van der Waals surface area (Å²) in [6.07, 6.45) is 0. The fraction of sp³-hybridized carbons (Fsp3) is 0.200. The summed E-state index contributed by atoms with van der Waals surface area (Å²) in [7, 11) is 1.66. The summed E-state index contributed by atoms with van der Waals surface area (Å²) in [4.78, 5) is 17.6. The minimum absolute atomic E-state index is 0.217. The lowest BCUT2D eigenvalue weighted by Crippen LogP contribution is -2.11. The van der Waals surface area contributed by atoms with E-state index in [-0.39, 0.29) is 11.1 Å². The Kier molecular flexibility index (Phi) is 1.29. The predicted molar refractivity (Wildman–Crippen MR) is 41.9 cm³/mol. The number of aromatic nitrogens is 5. The van der Waals surface area contributed by atoms with E-state index >= 15 is 0 Å². The molecule has 0 bridgehead atoms. The molecule has 0 aliphatic heterocycles. The van der Waals surface area contributed by atoms with Crippen molar-refractivity contribution in [2.24, 2.45) is 0 Å². The van der Waals surface area contributed by atoms with E-state index in [1.54, 1.807) is 7.05 Å². The van der Waals surface area contributed by atoms with Crippen LogP contribution in [0.25, 0.3) is 11.2 Å². The Balaban J connectivity index is 2.84. The average molecular weight is 166 g/mol. The summed E-state index contributed by atoms with van der Waals surface area (Å²) in [6.45, 7) is 0. The third-order valence-corrected chi connectivity index (χ3v) is 1.43. The summed E-state index contributed by atoms with van der Waals surface area (Å²) >= 11 is 0. The zero-order chi connectivity index (χ0) is 8.55. The van der Waals surface area contributed by atoms with Gasteiger partial charge in [-0.2, -0.15) is 10.2 Å². The molecule has 0 saturated heterocycles. The number of nitrogens with zero attached hydrogens (tertiary/aromatic N) is 3. The molecule has 0 aromatic carbocycles. The molecule has 0 aliphatic rings. The normalized spacial score (nSPS) is 10.4. The van der Waals surface area contributed by atoms with Crippen LogP contribution in [0.4, 0.5) is 5.95 Å². The smallest absolute Gasteiger partial charge is 0.282 e. The van der Waals surface area contributed by atoms with Gasteiger partial charge in [0, 0.05) is 7.05 Å². The molecule has 2 rings (SSSR count). The van der Waals surface area contributed by atoms with Gasteiger partial charge in [-0.15, -0.1) is 10.2 Å². The number of hydrogen-bond donors (Lipinski definition) is 3. The van der Waals surface area contributed by atoms with Crippen LogP contribution in [-0.2, 0) is 0 Å². The molecule has 2 aromatic rings. The van der Waals surface area contributed by atoms with Crippen LogP contribution in [0, 0.1) is 0 Å². The van der Waals surface area contributed by atoms with Gasteiger partial charge in [0.15, 0.2) is 5.52 Å². The first-order valence-electron chi connectivity index (χ1n) is 3.30. The molecule has 0 radical (unpaired) electrons. The van der Waals surface area contributed by atoms with Gasteiger partial charge >= 0.3 is 0 Å². The van der Waals surface area contributed by atoms with E-state index in [0.717, 1.165) is 0 Å². The van der Waals surface area contributed by atoms with Crippen LogP contribution in [0.5, 0.6) is 0 Å². The topological polar surface area (TPSA) is 99.3 Å². The fourth-order valence-corrected chi connectivity index (χ4v) is 0.875. The van der Waals surface area contributed by atoms with Crippen LogP contribution < -0.4 is 10.9 Å². The highest BCUT2D eigenvalue weighted by molar-refractivity contribution is 5.68. The van der Waals surface area contributed by atoms with Crippen LogP contribution in [-0.4, -0.2) is 32.4 Å². The minimum Gasteiger partial charge on any atom is -0.359 e. The molecule has 0 atom stereocenters. The number of rotatable bonds is 1. The highest BCUT2D eigenvalue weighted by Crippen LogP contribution is 1.99. The van der Waals surface area contributed by atoms with Crippen molar-refractivity contribution < 1.29 is 0 Å². The van der Waals surface area contributed by atoms with Gasteiger partial charge in [-0.25, -0.2) is 0 Å². The van der Waals surface area contributed by atoms with Gasteiger partial charge in [0.2, 0.25) is 11.6 Å². The molecule has 0 saturated carbocycles. The van der Waals surface area contributed by atoms with E-state index in [0.29, 0.717) is 11.6 Å². The lowest BCUT2D eigenvalue weighted by atomic mass is 10.5. The maximum Gasteiger partial charge on any atom is 0.282 e. The van der Waals surface area contributed by atoms with Gasteiger partial charge in [-0.05, 0) is 0 Å². The van der Waals surface area contributed by atoms with Gasteiger partial charge in [0.25, 0.3) is 5.56 Å². The summed E-state index contributed by atoms with van der Waals surface area (Å²) in [5.41, 5.74) is 0.218. The average Bonchev–Trinajstić information content (AvgIpc) is 2.52. The SMILES string of the molecule is CNc1nc2n[nH]nc2c(=O)[nH]1. The second-order valence-electron chi connectivity index (χ2n) is 2.16. The first-order chi connectivity index (χ1) is 5.81. The fourth-order valence-electron chi connectivity index (χ4n) is 0.875. The summed E-state index contributed by atoms with van der Waals surface area (Å²) in [5, 5.41) is 12.3. The molecule has 2 heterocycles. The monoisotopic (exact) mass is 166 g/mol. The third-order valence-electron chi connectivity index (χ3n) is 1.43. The predicted octanol–water partition coefficient (Wildman–Crippen LogP) is -0.917. The molecular formula is C5H6N6O. The number of anilines is 1. The van der Waals surface area contributed by atoms with E-state index < -0.39 is 0 Å². The van der Waals surface area contributed by atoms with Crippen molar-refractivity contribution in [1.29, 1.82) is 0 Å². The van der Waals surface area contributed by atoms with Crippen molar-refractivity contribution in [2.45, 2.75) is 0 Å². The standard InChI is InChI=1S/C5H6N6O/c1-6-5-7-3-2(4(12)8-5)9-11-10-3/h1H3,(H3,6,7,8,9,10,11,12). The van der Waals surface area contributed by atoms with Crippen molar-refractivity contribution in [2.75, 3.05) is 12.4 Å². The zero-order valence-electron chi connectivity index (χ0n) is 6.25. The third kappa shape index (κ3) is 0.831. The van der Waals surface area contributed by atoms with Crippen molar-refractivity contribution in [3.05, 3.63) is 10.4 Å². The van der Waals surface area contributed by atoms with Crippen molar-refractivity contribution in [1.82, 2.24) is 25.4 Å². The number of fused-ring (bicyclic) bond motifs is 1. The lowest BCUT2D eigenvalue weighted by molar-refractivity contribution is 0.954. The van der Waals surface area contributed by atoms with Crippen LogP contribution in [0.2, 0.25) is 0 Å². The largest absolute Gasteiger partial charge is 0.359 e. The number of hydrogen-bond acceptors (Lipinski definition) is 5. The molecule has 0 spiro atoms. The maximum atomic E-state index is 11.2. The van der Waals surface area contributed by atoms with Gasteiger partial charge in [-0.1, -0.05) is 0 Å². The Bertz CT molecular complexity index is 456. The molecule has 7 heteroatoms. The number of nitrogens with one attached hydrogen (secondary N) is 3. The number of aromatic amines is 2. The molecule has 0 fully saturated rings. The quantitative estimate of drug-likeness (QED) is 0.509. The molecule has 12 heavy (non-hydrogen) atoms. The molecule has 2 aromatic heterocycles. The Morgan fingerprint density at radius 3 is 3.00 bits per heavy atom. The Hall–Kier alpha value is -1.92. The van der Waals surface area contributed by atoms with Crippen molar-refractivity contribution in [3.8, 4) is 0 Å². The van der Waals surface area contributed by atoms with Crippen LogP contribution in [0.15, 0.2) is 4.79 Å². The Labute approximate surface area is 66.2 Å². The summed E-state index contributed by atoms with van der Waals surface area (Å²) in [5.74, 6) is 0.376. The van der Waals surface area contributed by atoms with E-state index in [4.69, 9.17) is 0 Å². The van der Waals surface area contributed by atoms with Crippen LogP contribution in [0.1, 0.15) is 0 Å². The van der Waals surface area contributed by atoms with Crippen molar-refractivity contribution in [3.63, 3.8) is 0 Å². The van der Waals surface area contributed by atoms with Crippen LogP contribution >= 0.6 is 0 Å². The van der Waals surface area contributed by atoms with Gasteiger partial charge in [0.05, 0.1) is 0 Å². The summed E-state index contributed by atoms with van der Waals surface area (Å²) in [6, 6.07) is 0. The van der Waals surface area contributed by atoms with Gasteiger partial charge in [-0.3, -0.25) is 9.78 Å². The summed E-state index contributed by atoms with van der Waals surface area (Å²) < 4.78 is 0. The maximum absolute atomic E-state index is 11.2. The number of H-pyrrole nitrogens is 2. The molecule has 7 nitrogen and oxygen atoms in total. The van der Waals surface area contributed by atoms with E-state index in [1.807, 2.05) is 0 Å². The molecule has 3 N–H and O–H groups in total. The van der Waals surface area contributed by atoms with Crippen molar-refractivity contribution >= 4 is 17.1 Å². The highest BCUT2D eigenvalue weighted by atomic mass is 16.1. The Morgan fingerprint density at radius 1 is 1.42 bits per heavy atom.